The van der Waals surface area contributed by atoms with Gasteiger partial charge in [0.25, 0.3) is 5.56 Å². The summed E-state index contributed by atoms with van der Waals surface area (Å²) in [6, 6.07) is 12.8. The van der Waals surface area contributed by atoms with Crippen molar-refractivity contribution in [1.82, 2.24) is 24.2 Å². The SMILES string of the molecule is CCCCc1nc2ccn(CC(=O)NCC(C)C)c(=O)c2n1Cc1ccc(-c2ccccc2S(=O)(=O)NC(C)(C)C)cc1F. The molecule has 4 rings (SSSR count). The van der Waals surface area contributed by atoms with Gasteiger partial charge in [-0.1, -0.05) is 57.5 Å². The molecule has 0 aliphatic carbocycles. The zero-order valence-electron chi connectivity index (χ0n) is 26.3. The first kappa shape index (κ1) is 33.1. The van der Waals surface area contributed by atoms with Crippen molar-refractivity contribution in [1.29, 1.82) is 0 Å². The van der Waals surface area contributed by atoms with E-state index >= 15 is 4.39 Å². The van der Waals surface area contributed by atoms with Crippen LogP contribution >= 0.6 is 0 Å². The molecular formula is C33H42FN5O4S. The van der Waals surface area contributed by atoms with Crippen molar-refractivity contribution in [2.24, 2.45) is 5.92 Å². The van der Waals surface area contributed by atoms with E-state index in [1.54, 1.807) is 67.9 Å². The lowest BCUT2D eigenvalue weighted by atomic mass is 10.0. The Hall–Kier alpha value is -3.83. The van der Waals surface area contributed by atoms with Crippen molar-refractivity contribution in [2.45, 2.75) is 84.3 Å². The van der Waals surface area contributed by atoms with Gasteiger partial charge in [-0.2, -0.15) is 0 Å². The van der Waals surface area contributed by atoms with Crippen LogP contribution in [0.4, 0.5) is 4.39 Å². The Kier molecular flexibility index (Phi) is 10.1. The molecule has 0 bridgehead atoms. The lowest BCUT2D eigenvalue weighted by Gasteiger charge is -2.21. The van der Waals surface area contributed by atoms with E-state index in [4.69, 9.17) is 4.98 Å². The number of aryl methyl sites for hydroxylation is 1. The summed E-state index contributed by atoms with van der Waals surface area (Å²) in [6.45, 7) is 11.7. The molecule has 0 spiro atoms. The minimum atomic E-state index is -3.88. The summed E-state index contributed by atoms with van der Waals surface area (Å²) in [4.78, 5) is 30.9. The molecule has 2 heterocycles. The van der Waals surface area contributed by atoms with E-state index in [2.05, 4.69) is 17.0 Å². The van der Waals surface area contributed by atoms with E-state index in [-0.39, 0.29) is 35.4 Å². The fourth-order valence-electron chi connectivity index (χ4n) is 4.99. The number of unbranched alkanes of at least 4 members (excludes halogenated alkanes) is 1. The third kappa shape index (κ3) is 7.81. The highest BCUT2D eigenvalue weighted by Crippen LogP contribution is 2.30. The monoisotopic (exact) mass is 623 g/mol. The molecule has 0 aliphatic rings. The van der Waals surface area contributed by atoms with Gasteiger partial charge in [0.15, 0.2) is 0 Å². The van der Waals surface area contributed by atoms with Crippen LogP contribution < -0.4 is 15.6 Å². The molecule has 44 heavy (non-hydrogen) atoms. The number of carbonyl (C=O) groups excluding carboxylic acids is 1. The minimum Gasteiger partial charge on any atom is -0.354 e. The van der Waals surface area contributed by atoms with Gasteiger partial charge in [0, 0.05) is 35.8 Å². The summed E-state index contributed by atoms with van der Waals surface area (Å²) < 4.78 is 47.9. The number of aromatic nitrogens is 3. The smallest absolute Gasteiger partial charge is 0.277 e. The number of sulfonamides is 1. The lowest BCUT2D eigenvalue weighted by Crippen LogP contribution is -2.40. The number of benzene rings is 2. The average Bonchev–Trinajstić information content (AvgIpc) is 3.29. The first-order valence-electron chi connectivity index (χ1n) is 15.0. The average molecular weight is 624 g/mol. The van der Waals surface area contributed by atoms with Gasteiger partial charge < -0.3 is 14.5 Å². The molecular weight excluding hydrogens is 581 g/mol. The molecule has 9 nitrogen and oxygen atoms in total. The van der Waals surface area contributed by atoms with Crippen LogP contribution in [0.2, 0.25) is 0 Å². The van der Waals surface area contributed by atoms with Crippen LogP contribution in [0.1, 0.15) is 65.8 Å². The summed E-state index contributed by atoms with van der Waals surface area (Å²) in [5.74, 6) is 0.138. The number of halogens is 1. The first-order valence-corrected chi connectivity index (χ1v) is 16.5. The molecule has 11 heteroatoms. The van der Waals surface area contributed by atoms with Gasteiger partial charge in [-0.25, -0.2) is 22.5 Å². The van der Waals surface area contributed by atoms with E-state index in [1.807, 2.05) is 13.8 Å². The number of nitrogens with zero attached hydrogens (tertiary/aromatic N) is 3. The number of nitrogens with one attached hydrogen (secondary N) is 2. The lowest BCUT2D eigenvalue weighted by molar-refractivity contribution is -0.121. The summed E-state index contributed by atoms with van der Waals surface area (Å²) in [5.41, 5.74) is 0.845. The van der Waals surface area contributed by atoms with Gasteiger partial charge in [-0.3, -0.25) is 9.59 Å². The second kappa shape index (κ2) is 13.4. The molecule has 0 fully saturated rings. The van der Waals surface area contributed by atoms with Crippen molar-refractivity contribution in [2.75, 3.05) is 6.54 Å². The highest BCUT2D eigenvalue weighted by Gasteiger charge is 2.25. The standard InChI is InChI=1S/C33H42FN5O4S/c1-7-8-13-29-36-27-16-17-38(21-30(40)35-19-22(2)3)32(41)31(27)39(29)20-24-15-14-23(18-26(24)34)25-11-9-10-12-28(25)44(42,43)37-33(4,5)6/h9-12,14-18,22,37H,7-8,13,19-21H2,1-6H3,(H,35,40). The van der Waals surface area contributed by atoms with Gasteiger partial charge in [0.05, 0.1) is 17.0 Å². The maximum Gasteiger partial charge on any atom is 0.277 e. The van der Waals surface area contributed by atoms with Crippen molar-refractivity contribution in [3.63, 3.8) is 0 Å². The fourth-order valence-corrected chi connectivity index (χ4v) is 6.63. The number of pyridine rings is 1. The molecule has 4 aromatic rings. The van der Waals surface area contributed by atoms with Gasteiger partial charge in [-0.05, 0) is 56.9 Å². The first-order chi connectivity index (χ1) is 20.7. The van der Waals surface area contributed by atoms with Crippen molar-refractivity contribution in [3.05, 3.63) is 82.3 Å². The van der Waals surface area contributed by atoms with E-state index in [0.717, 1.165) is 12.8 Å². The molecule has 0 radical (unpaired) electrons. The molecule has 2 N–H and O–H groups in total. The van der Waals surface area contributed by atoms with Crippen LogP contribution in [0.25, 0.3) is 22.2 Å². The molecule has 0 atom stereocenters. The van der Waals surface area contributed by atoms with Crippen LogP contribution in [0.3, 0.4) is 0 Å². The Balaban J connectivity index is 1.73. The molecule has 0 saturated heterocycles. The number of fused-ring (bicyclic) bond motifs is 1. The summed E-state index contributed by atoms with van der Waals surface area (Å²) in [5, 5.41) is 2.83. The Labute approximate surface area is 258 Å². The van der Waals surface area contributed by atoms with Crippen molar-refractivity contribution in [3.8, 4) is 11.1 Å². The van der Waals surface area contributed by atoms with E-state index < -0.39 is 21.4 Å². The quantitative estimate of drug-likeness (QED) is 0.224. The highest BCUT2D eigenvalue weighted by atomic mass is 32.2. The van der Waals surface area contributed by atoms with Crippen LogP contribution in [0, 0.1) is 11.7 Å². The molecule has 0 aliphatic heterocycles. The second-order valence-corrected chi connectivity index (χ2v) is 14.2. The molecule has 2 aromatic heterocycles. The topological polar surface area (TPSA) is 115 Å². The number of imidazole rings is 1. The van der Waals surface area contributed by atoms with Crippen LogP contribution in [0.5, 0.6) is 0 Å². The molecule has 1 amide bonds. The van der Waals surface area contributed by atoms with Crippen LogP contribution in [-0.2, 0) is 34.3 Å². The van der Waals surface area contributed by atoms with Gasteiger partial charge in [-0.15, -0.1) is 0 Å². The van der Waals surface area contributed by atoms with Gasteiger partial charge >= 0.3 is 0 Å². The summed E-state index contributed by atoms with van der Waals surface area (Å²) in [7, 11) is -3.88. The molecule has 0 saturated carbocycles. The van der Waals surface area contributed by atoms with E-state index in [1.165, 1.54) is 16.7 Å². The Bertz CT molecular complexity index is 1820. The molecule has 0 unspecified atom stereocenters. The highest BCUT2D eigenvalue weighted by molar-refractivity contribution is 7.89. The largest absolute Gasteiger partial charge is 0.354 e. The molecule has 2 aromatic carbocycles. The Morgan fingerprint density at radius 1 is 1.09 bits per heavy atom. The number of hydrogen-bond donors (Lipinski definition) is 2. The zero-order valence-corrected chi connectivity index (χ0v) is 27.1. The maximum absolute atomic E-state index is 15.8. The normalized spacial score (nSPS) is 12.3. The fraction of sp³-hybridized carbons (Fsp3) is 0.424. The van der Waals surface area contributed by atoms with Crippen molar-refractivity contribution < 1.29 is 17.6 Å². The number of hydrogen-bond acceptors (Lipinski definition) is 5. The Morgan fingerprint density at radius 3 is 2.48 bits per heavy atom. The number of rotatable bonds is 12. The number of amides is 1. The predicted octanol–water partition coefficient (Wildman–Crippen LogP) is 5.24. The molecule has 236 valence electrons. The Morgan fingerprint density at radius 2 is 1.82 bits per heavy atom. The second-order valence-electron chi connectivity index (χ2n) is 12.6. The van der Waals surface area contributed by atoms with E-state index in [9.17, 15) is 18.0 Å². The minimum absolute atomic E-state index is 0.0476. The maximum atomic E-state index is 15.8. The third-order valence-electron chi connectivity index (χ3n) is 7.03. The third-order valence-corrected chi connectivity index (χ3v) is 8.85. The summed E-state index contributed by atoms with van der Waals surface area (Å²) in [6.07, 6.45) is 3.92. The van der Waals surface area contributed by atoms with Crippen LogP contribution in [-0.4, -0.2) is 40.5 Å². The van der Waals surface area contributed by atoms with Crippen molar-refractivity contribution >= 4 is 27.0 Å². The van der Waals surface area contributed by atoms with Gasteiger partial charge in [0.1, 0.15) is 23.7 Å². The predicted molar refractivity (Wildman–Crippen MR) is 171 cm³/mol. The zero-order chi connectivity index (χ0) is 32.2. The van der Waals surface area contributed by atoms with E-state index in [0.29, 0.717) is 46.5 Å². The number of carbonyl (C=O) groups is 1. The summed E-state index contributed by atoms with van der Waals surface area (Å²) >= 11 is 0. The van der Waals surface area contributed by atoms with Gasteiger partial charge in [0.2, 0.25) is 15.9 Å². The van der Waals surface area contributed by atoms with Crippen LogP contribution in [0.15, 0.2) is 64.4 Å².